The molecule has 1 aromatic carbocycles. The first-order chi connectivity index (χ1) is 15.6. The molecule has 156 valence electrons. The molecule has 0 saturated heterocycles. The van der Waals surface area contributed by atoms with Gasteiger partial charge >= 0.3 is 0 Å². The third-order valence-corrected chi connectivity index (χ3v) is 5.67. The Kier molecular flexibility index (Phi) is 3.91. The van der Waals surface area contributed by atoms with Gasteiger partial charge in [-0.2, -0.15) is 5.10 Å². The second-order valence-electron chi connectivity index (χ2n) is 7.56. The van der Waals surface area contributed by atoms with Crippen LogP contribution >= 0.6 is 0 Å². The van der Waals surface area contributed by atoms with Gasteiger partial charge in [-0.3, -0.25) is 10.1 Å². The highest BCUT2D eigenvalue weighted by molar-refractivity contribution is 5.95. The van der Waals surface area contributed by atoms with Crippen LogP contribution in [0.2, 0.25) is 0 Å². The minimum absolute atomic E-state index is 0.325. The number of aromatic nitrogens is 8. The Morgan fingerprint density at radius 2 is 1.78 bits per heavy atom. The van der Waals surface area contributed by atoms with E-state index in [9.17, 15) is 4.39 Å². The van der Waals surface area contributed by atoms with Crippen molar-refractivity contribution in [1.82, 2.24) is 39.7 Å². The number of imidazole rings is 2. The van der Waals surface area contributed by atoms with Crippen molar-refractivity contribution in [3.8, 4) is 34.0 Å². The van der Waals surface area contributed by atoms with Crippen LogP contribution in [0.25, 0.3) is 56.1 Å². The molecule has 6 rings (SSSR count). The first kappa shape index (κ1) is 18.4. The van der Waals surface area contributed by atoms with E-state index in [4.69, 9.17) is 9.97 Å². The van der Waals surface area contributed by atoms with Crippen molar-refractivity contribution < 1.29 is 4.39 Å². The number of pyridine rings is 2. The van der Waals surface area contributed by atoms with Crippen molar-refractivity contribution in [1.29, 1.82) is 0 Å². The van der Waals surface area contributed by atoms with E-state index in [0.717, 1.165) is 22.7 Å². The lowest BCUT2D eigenvalue weighted by atomic mass is 10.1. The summed E-state index contributed by atoms with van der Waals surface area (Å²) < 4.78 is 16.4. The van der Waals surface area contributed by atoms with Crippen molar-refractivity contribution in [2.45, 2.75) is 6.92 Å². The van der Waals surface area contributed by atoms with Crippen LogP contribution in [0.5, 0.6) is 0 Å². The number of aromatic amines is 2. The van der Waals surface area contributed by atoms with Crippen LogP contribution < -0.4 is 0 Å². The smallest absolute Gasteiger partial charge is 0.161 e. The van der Waals surface area contributed by atoms with Gasteiger partial charge in [-0.25, -0.2) is 19.3 Å². The molecule has 5 aromatic heterocycles. The summed E-state index contributed by atoms with van der Waals surface area (Å²) in [4.78, 5) is 21.5. The van der Waals surface area contributed by atoms with Gasteiger partial charge in [0.2, 0.25) is 0 Å². The van der Waals surface area contributed by atoms with Gasteiger partial charge in [0, 0.05) is 24.4 Å². The number of H-pyrrole nitrogens is 2. The Morgan fingerprint density at radius 3 is 2.59 bits per heavy atom. The molecule has 0 aliphatic rings. The summed E-state index contributed by atoms with van der Waals surface area (Å²) in [6, 6.07) is 10.5. The van der Waals surface area contributed by atoms with Crippen molar-refractivity contribution in [2.24, 2.45) is 7.05 Å². The Morgan fingerprint density at radius 1 is 0.906 bits per heavy atom. The molecule has 0 atom stereocenters. The lowest BCUT2D eigenvalue weighted by Gasteiger charge is -2.03. The van der Waals surface area contributed by atoms with E-state index in [0.29, 0.717) is 39.2 Å². The third kappa shape index (κ3) is 2.71. The summed E-state index contributed by atoms with van der Waals surface area (Å²) in [6.07, 6.45) is 5.09. The lowest BCUT2D eigenvalue weighted by Crippen LogP contribution is -1.96. The normalized spacial score (nSPS) is 11.6. The molecular weight excluding hydrogens is 407 g/mol. The third-order valence-electron chi connectivity index (χ3n) is 5.67. The number of hydrogen-bond acceptors (Lipinski definition) is 5. The number of halogens is 1. The molecule has 0 aliphatic carbocycles. The van der Waals surface area contributed by atoms with Gasteiger partial charge in [0.15, 0.2) is 11.5 Å². The van der Waals surface area contributed by atoms with Gasteiger partial charge in [0.05, 0.1) is 34.8 Å². The van der Waals surface area contributed by atoms with Crippen molar-refractivity contribution in [2.75, 3.05) is 0 Å². The molecule has 0 fully saturated rings. The average Bonchev–Trinajstić information content (AvgIpc) is 3.50. The molecule has 0 amide bonds. The molecule has 0 aliphatic heterocycles. The molecule has 8 nitrogen and oxygen atoms in total. The van der Waals surface area contributed by atoms with Gasteiger partial charge in [-0.05, 0) is 25.1 Å². The largest absolute Gasteiger partial charge is 0.335 e. The fourth-order valence-electron chi connectivity index (χ4n) is 3.87. The van der Waals surface area contributed by atoms with Crippen LogP contribution in [0.15, 0.2) is 55.0 Å². The predicted octanol–water partition coefficient (Wildman–Crippen LogP) is 4.41. The summed E-state index contributed by atoms with van der Waals surface area (Å²) in [5, 5.41) is 7.46. The van der Waals surface area contributed by atoms with Crippen molar-refractivity contribution in [3.05, 3.63) is 66.6 Å². The topological polar surface area (TPSA) is 101 Å². The van der Waals surface area contributed by atoms with Gasteiger partial charge in [-0.1, -0.05) is 18.2 Å². The number of rotatable bonds is 3. The lowest BCUT2D eigenvalue weighted by molar-refractivity contribution is 0.631. The molecule has 32 heavy (non-hydrogen) atoms. The number of nitrogens with zero attached hydrogens (tertiary/aromatic N) is 6. The van der Waals surface area contributed by atoms with Gasteiger partial charge in [0.25, 0.3) is 0 Å². The van der Waals surface area contributed by atoms with Crippen LogP contribution in [0, 0.1) is 12.7 Å². The number of benzene rings is 1. The van der Waals surface area contributed by atoms with E-state index in [2.05, 4.69) is 25.1 Å². The van der Waals surface area contributed by atoms with E-state index < -0.39 is 0 Å². The Bertz CT molecular complexity index is 1620. The van der Waals surface area contributed by atoms with Gasteiger partial charge < -0.3 is 9.55 Å². The quantitative estimate of drug-likeness (QED) is 0.438. The molecule has 9 heteroatoms. The monoisotopic (exact) mass is 424 g/mol. The summed E-state index contributed by atoms with van der Waals surface area (Å²) in [7, 11) is 1.95. The van der Waals surface area contributed by atoms with Gasteiger partial charge in [-0.15, -0.1) is 0 Å². The Labute approximate surface area is 181 Å². The van der Waals surface area contributed by atoms with E-state index in [-0.39, 0.29) is 5.82 Å². The van der Waals surface area contributed by atoms with Crippen LogP contribution in [-0.4, -0.2) is 39.7 Å². The average molecular weight is 424 g/mol. The maximum absolute atomic E-state index is 14.4. The zero-order chi connectivity index (χ0) is 21.8. The molecule has 0 saturated carbocycles. The molecule has 2 N–H and O–H groups in total. The molecule has 0 radical (unpaired) electrons. The summed E-state index contributed by atoms with van der Waals surface area (Å²) in [5.74, 6) is 1.11. The second-order valence-corrected chi connectivity index (χ2v) is 7.56. The van der Waals surface area contributed by atoms with Crippen molar-refractivity contribution in [3.63, 3.8) is 0 Å². The Balaban J connectivity index is 1.53. The molecule has 0 unspecified atom stereocenters. The van der Waals surface area contributed by atoms with Crippen molar-refractivity contribution >= 4 is 22.1 Å². The molecule has 6 aromatic rings. The highest BCUT2D eigenvalue weighted by atomic mass is 19.1. The van der Waals surface area contributed by atoms with E-state index in [1.54, 1.807) is 36.8 Å². The summed E-state index contributed by atoms with van der Waals surface area (Å²) in [6.45, 7) is 1.95. The fraction of sp³-hybridized carbons (Fsp3) is 0.0870. The zero-order valence-corrected chi connectivity index (χ0v) is 17.3. The number of hydrogen-bond donors (Lipinski definition) is 2. The maximum atomic E-state index is 14.4. The first-order valence-corrected chi connectivity index (χ1v) is 10.0. The highest BCUT2D eigenvalue weighted by Gasteiger charge is 2.18. The van der Waals surface area contributed by atoms with Gasteiger partial charge in [0.1, 0.15) is 22.7 Å². The maximum Gasteiger partial charge on any atom is 0.161 e. The van der Waals surface area contributed by atoms with E-state index in [1.165, 1.54) is 6.07 Å². The van der Waals surface area contributed by atoms with Crippen LogP contribution in [-0.2, 0) is 7.05 Å². The Hall–Kier alpha value is -4.40. The van der Waals surface area contributed by atoms with Crippen LogP contribution in [0.3, 0.4) is 0 Å². The minimum atomic E-state index is -0.325. The standard InChI is InChI=1S/C23H17FN8/c1-12-26-11-19(32(12)2)16-7-8-17-21(27-16)22(31-30-17)23-28-18-10-25-9-14(20(18)29-23)13-5-3-4-6-15(13)24/h3-11H,1-2H3,(H,28,29)(H,30,31). The molecular formula is C23H17FN8. The number of aryl methyl sites for hydroxylation is 1. The zero-order valence-electron chi connectivity index (χ0n) is 17.3. The summed E-state index contributed by atoms with van der Waals surface area (Å²) >= 11 is 0. The minimum Gasteiger partial charge on any atom is -0.335 e. The summed E-state index contributed by atoms with van der Waals surface area (Å²) in [5.41, 5.74) is 6.11. The first-order valence-electron chi connectivity index (χ1n) is 10.0. The van der Waals surface area contributed by atoms with E-state index >= 15 is 0 Å². The van der Waals surface area contributed by atoms with Crippen LogP contribution in [0.4, 0.5) is 4.39 Å². The highest BCUT2D eigenvalue weighted by Crippen LogP contribution is 2.32. The second kappa shape index (κ2) is 6.81. The SMILES string of the molecule is Cc1ncc(-c2ccc3[nH]nc(-c4nc5c(-c6ccccc6F)cncc5[nH]4)c3n2)n1C. The number of fused-ring (bicyclic) bond motifs is 2. The molecule has 5 heterocycles. The molecule has 0 spiro atoms. The number of nitrogens with one attached hydrogen (secondary N) is 2. The van der Waals surface area contributed by atoms with Crippen LogP contribution in [0.1, 0.15) is 5.82 Å². The predicted molar refractivity (Wildman–Crippen MR) is 119 cm³/mol. The fourth-order valence-corrected chi connectivity index (χ4v) is 3.87. The van der Waals surface area contributed by atoms with E-state index in [1.807, 2.05) is 30.7 Å². The molecule has 0 bridgehead atoms.